The molecule has 2 atom stereocenters. The number of aliphatic hydroxyl groups excluding tert-OH is 1. The maximum Gasteiger partial charge on any atom is 0.159 e. The van der Waals surface area contributed by atoms with Crippen molar-refractivity contribution in [3.05, 3.63) is 35.4 Å². The molecule has 1 saturated carbocycles. The highest BCUT2D eigenvalue weighted by atomic mass is 16.3. The average Bonchev–Trinajstić information content (AvgIpc) is 2.74. The van der Waals surface area contributed by atoms with Gasteiger partial charge in [0, 0.05) is 17.9 Å². The topological polar surface area (TPSA) is 54.4 Å². The van der Waals surface area contributed by atoms with Crippen molar-refractivity contribution < 1.29 is 14.7 Å². The molecular formula is C14H16O3. The number of rotatable bonds is 3. The Morgan fingerprint density at radius 3 is 2.47 bits per heavy atom. The first kappa shape index (κ1) is 12.0. The van der Waals surface area contributed by atoms with Crippen LogP contribution in [0.4, 0.5) is 0 Å². The van der Waals surface area contributed by atoms with Gasteiger partial charge in [0.25, 0.3) is 0 Å². The number of ketones is 2. The van der Waals surface area contributed by atoms with Crippen molar-refractivity contribution in [2.45, 2.75) is 32.3 Å². The van der Waals surface area contributed by atoms with E-state index in [-0.39, 0.29) is 17.5 Å². The van der Waals surface area contributed by atoms with Gasteiger partial charge in [0.05, 0.1) is 6.10 Å². The van der Waals surface area contributed by atoms with Gasteiger partial charge in [-0.1, -0.05) is 24.3 Å². The number of aliphatic hydroxyl groups is 1. The monoisotopic (exact) mass is 232 g/mol. The highest BCUT2D eigenvalue weighted by Gasteiger charge is 2.31. The Hall–Kier alpha value is -1.48. The van der Waals surface area contributed by atoms with Crippen LogP contribution in [0.2, 0.25) is 0 Å². The molecule has 0 unspecified atom stereocenters. The van der Waals surface area contributed by atoms with Crippen LogP contribution in [0.25, 0.3) is 0 Å². The first-order chi connectivity index (χ1) is 8.09. The first-order valence-electron chi connectivity index (χ1n) is 5.91. The molecule has 17 heavy (non-hydrogen) atoms. The molecule has 0 aromatic heterocycles. The predicted molar refractivity (Wildman–Crippen MR) is 63.8 cm³/mol. The fourth-order valence-electron chi connectivity index (χ4n) is 2.32. The lowest BCUT2D eigenvalue weighted by molar-refractivity contribution is -0.123. The fourth-order valence-corrected chi connectivity index (χ4v) is 2.32. The van der Waals surface area contributed by atoms with Crippen molar-refractivity contribution in [2.75, 3.05) is 0 Å². The molecule has 1 N–H and O–H groups in total. The van der Waals surface area contributed by atoms with Crippen LogP contribution in [-0.4, -0.2) is 16.7 Å². The number of carbonyl (C=O) groups excluding carboxylic acids is 2. The Bertz CT molecular complexity index is 433. The number of Topliss-reactive ketones (excluding diaryl/α,β-unsaturated/α-hetero) is 2. The Kier molecular flexibility index (Phi) is 3.38. The van der Waals surface area contributed by atoms with Crippen LogP contribution >= 0.6 is 0 Å². The van der Waals surface area contributed by atoms with Gasteiger partial charge in [-0.25, -0.2) is 0 Å². The van der Waals surface area contributed by atoms with Gasteiger partial charge >= 0.3 is 0 Å². The van der Waals surface area contributed by atoms with E-state index in [1.807, 2.05) is 0 Å². The SMILES string of the molecule is CC(=O)c1ccc([C@H](O)[C@@H]2CCCC2=O)cc1. The molecule has 3 heteroatoms. The molecule has 0 heterocycles. The minimum Gasteiger partial charge on any atom is -0.388 e. The summed E-state index contributed by atoms with van der Waals surface area (Å²) in [6.45, 7) is 1.51. The summed E-state index contributed by atoms with van der Waals surface area (Å²) < 4.78 is 0. The van der Waals surface area contributed by atoms with E-state index < -0.39 is 6.10 Å². The van der Waals surface area contributed by atoms with Crippen molar-refractivity contribution in [3.8, 4) is 0 Å². The van der Waals surface area contributed by atoms with E-state index in [0.29, 0.717) is 12.0 Å². The van der Waals surface area contributed by atoms with E-state index in [9.17, 15) is 14.7 Å². The molecule has 1 aliphatic rings. The Balaban J connectivity index is 2.16. The molecule has 90 valence electrons. The third-order valence-corrected chi connectivity index (χ3v) is 3.39. The van der Waals surface area contributed by atoms with Gasteiger partial charge in [0.1, 0.15) is 5.78 Å². The number of hydrogen-bond donors (Lipinski definition) is 1. The zero-order valence-corrected chi connectivity index (χ0v) is 9.85. The van der Waals surface area contributed by atoms with Gasteiger partial charge in [-0.2, -0.15) is 0 Å². The van der Waals surface area contributed by atoms with Crippen molar-refractivity contribution in [1.29, 1.82) is 0 Å². The summed E-state index contributed by atoms with van der Waals surface area (Å²) in [7, 11) is 0. The molecule has 3 nitrogen and oxygen atoms in total. The lowest BCUT2D eigenvalue weighted by Crippen LogP contribution is -2.16. The molecule has 1 aromatic carbocycles. The molecule has 0 amide bonds. The van der Waals surface area contributed by atoms with Crippen LogP contribution < -0.4 is 0 Å². The summed E-state index contributed by atoms with van der Waals surface area (Å²) in [5, 5.41) is 10.1. The smallest absolute Gasteiger partial charge is 0.159 e. The summed E-state index contributed by atoms with van der Waals surface area (Å²) in [6.07, 6.45) is 1.47. The summed E-state index contributed by atoms with van der Waals surface area (Å²) in [5.74, 6) is -0.116. The van der Waals surface area contributed by atoms with Crippen LogP contribution in [0.1, 0.15) is 48.2 Å². The Morgan fingerprint density at radius 2 is 2.00 bits per heavy atom. The van der Waals surface area contributed by atoms with Crippen molar-refractivity contribution in [3.63, 3.8) is 0 Å². The van der Waals surface area contributed by atoms with E-state index in [1.165, 1.54) is 6.92 Å². The first-order valence-corrected chi connectivity index (χ1v) is 5.91. The fraction of sp³-hybridized carbons (Fsp3) is 0.429. The zero-order valence-electron chi connectivity index (χ0n) is 9.85. The van der Waals surface area contributed by atoms with Gasteiger partial charge < -0.3 is 5.11 Å². The minimum absolute atomic E-state index is 0.00276. The second kappa shape index (κ2) is 4.80. The van der Waals surface area contributed by atoms with Crippen LogP contribution in [-0.2, 0) is 4.79 Å². The molecule has 2 rings (SSSR count). The summed E-state index contributed by atoms with van der Waals surface area (Å²) in [4.78, 5) is 22.7. The highest BCUT2D eigenvalue weighted by molar-refractivity contribution is 5.94. The normalized spacial score (nSPS) is 21.5. The average molecular weight is 232 g/mol. The molecule has 1 aliphatic carbocycles. The Morgan fingerprint density at radius 1 is 1.35 bits per heavy atom. The lowest BCUT2D eigenvalue weighted by atomic mass is 9.93. The quantitative estimate of drug-likeness (QED) is 0.813. The van der Waals surface area contributed by atoms with E-state index in [4.69, 9.17) is 0 Å². The molecular weight excluding hydrogens is 216 g/mol. The summed E-state index contributed by atoms with van der Waals surface area (Å²) in [5.41, 5.74) is 1.34. The van der Waals surface area contributed by atoms with Gasteiger partial charge in [0.2, 0.25) is 0 Å². The summed E-state index contributed by atoms with van der Waals surface area (Å²) >= 11 is 0. The molecule has 1 fully saturated rings. The minimum atomic E-state index is -0.731. The molecule has 0 aliphatic heterocycles. The second-order valence-corrected chi connectivity index (χ2v) is 4.59. The molecule has 0 spiro atoms. The Labute approximate surface area is 100 Å². The van der Waals surface area contributed by atoms with Gasteiger partial charge in [0.15, 0.2) is 5.78 Å². The predicted octanol–water partition coefficient (Wildman–Crippen LogP) is 2.29. The third kappa shape index (κ3) is 2.44. The molecule has 0 saturated heterocycles. The van der Waals surface area contributed by atoms with Gasteiger partial charge in [-0.15, -0.1) is 0 Å². The number of benzene rings is 1. The van der Waals surface area contributed by atoms with E-state index in [2.05, 4.69) is 0 Å². The number of carbonyl (C=O) groups is 2. The van der Waals surface area contributed by atoms with Crippen molar-refractivity contribution in [1.82, 2.24) is 0 Å². The number of hydrogen-bond acceptors (Lipinski definition) is 3. The maximum absolute atomic E-state index is 11.6. The summed E-state index contributed by atoms with van der Waals surface area (Å²) in [6, 6.07) is 6.85. The van der Waals surface area contributed by atoms with Crippen LogP contribution in [0, 0.1) is 5.92 Å². The largest absolute Gasteiger partial charge is 0.388 e. The molecule has 0 bridgehead atoms. The molecule has 1 aromatic rings. The third-order valence-electron chi connectivity index (χ3n) is 3.39. The van der Waals surface area contributed by atoms with Gasteiger partial charge in [-0.05, 0) is 25.3 Å². The lowest BCUT2D eigenvalue weighted by Gasteiger charge is -2.17. The van der Waals surface area contributed by atoms with Gasteiger partial charge in [-0.3, -0.25) is 9.59 Å². The van der Waals surface area contributed by atoms with Crippen LogP contribution in [0.3, 0.4) is 0 Å². The van der Waals surface area contributed by atoms with E-state index in [1.54, 1.807) is 24.3 Å². The highest BCUT2D eigenvalue weighted by Crippen LogP contribution is 2.33. The zero-order chi connectivity index (χ0) is 12.4. The second-order valence-electron chi connectivity index (χ2n) is 4.59. The van der Waals surface area contributed by atoms with Crippen molar-refractivity contribution >= 4 is 11.6 Å². The van der Waals surface area contributed by atoms with E-state index >= 15 is 0 Å². The standard InChI is InChI=1S/C14H16O3/c1-9(15)10-5-7-11(8-6-10)14(17)12-3-2-4-13(12)16/h5-8,12,14,17H,2-4H2,1H3/t12-,14+/m1/s1. The van der Waals surface area contributed by atoms with Crippen LogP contribution in [0.15, 0.2) is 24.3 Å². The molecule has 0 radical (unpaired) electrons. The van der Waals surface area contributed by atoms with Crippen molar-refractivity contribution in [2.24, 2.45) is 5.92 Å². The van der Waals surface area contributed by atoms with E-state index in [0.717, 1.165) is 18.4 Å². The maximum atomic E-state index is 11.6. The van der Waals surface area contributed by atoms with Crippen LogP contribution in [0.5, 0.6) is 0 Å².